The van der Waals surface area contributed by atoms with Gasteiger partial charge in [0.2, 0.25) is 5.82 Å². The fourth-order valence-corrected chi connectivity index (χ4v) is 6.89. The SMILES string of the molecule is Cn1cc([C@@]2(C)CCOc3c(CCC(=O)O)cccc32)nc1-c1cc(Oc2c(F)c(F)c3[nH]ccc3c2S(C)(=O)=O)ccc1F. The van der Waals surface area contributed by atoms with Crippen molar-refractivity contribution < 1.29 is 41.0 Å². The van der Waals surface area contributed by atoms with E-state index >= 15 is 8.78 Å². The van der Waals surface area contributed by atoms with Crippen molar-refractivity contribution in [2.24, 2.45) is 7.05 Å². The van der Waals surface area contributed by atoms with Crippen molar-refractivity contribution in [3.05, 3.63) is 89.1 Å². The number of carbonyl (C=O) groups is 1. The lowest BCUT2D eigenvalue weighted by atomic mass is 9.74. The van der Waals surface area contributed by atoms with E-state index in [0.717, 1.165) is 23.4 Å². The molecular formula is C32H28F3N3O6S. The van der Waals surface area contributed by atoms with E-state index in [0.29, 0.717) is 30.9 Å². The van der Waals surface area contributed by atoms with Gasteiger partial charge >= 0.3 is 5.97 Å². The smallest absolute Gasteiger partial charge is 0.303 e. The number of aliphatic carboxylic acids is 1. The maximum Gasteiger partial charge on any atom is 0.303 e. The number of aromatic amines is 1. The first kappa shape index (κ1) is 30.3. The van der Waals surface area contributed by atoms with E-state index in [9.17, 15) is 22.7 Å². The number of benzene rings is 3. The first-order chi connectivity index (χ1) is 21.3. The van der Waals surface area contributed by atoms with E-state index in [1.54, 1.807) is 17.8 Å². The maximum atomic E-state index is 15.3. The molecule has 6 rings (SSSR count). The largest absolute Gasteiger partial charge is 0.493 e. The van der Waals surface area contributed by atoms with E-state index in [4.69, 9.17) is 14.5 Å². The molecule has 0 fully saturated rings. The highest BCUT2D eigenvalue weighted by Crippen LogP contribution is 2.46. The Hall–Kier alpha value is -4.78. The second kappa shape index (κ2) is 11.0. The van der Waals surface area contributed by atoms with Gasteiger partial charge in [-0.05, 0) is 49.6 Å². The van der Waals surface area contributed by atoms with Gasteiger partial charge in [-0.2, -0.15) is 4.39 Å². The average molecular weight is 640 g/mol. The molecule has 0 unspecified atom stereocenters. The number of carboxylic acids is 1. The topological polar surface area (TPSA) is 124 Å². The molecule has 234 valence electrons. The van der Waals surface area contributed by atoms with Crippen LogP contribution in [0.1, 0.15) is 36.6 Å². The predicted octanol–water partition coefficient (Wildman–Crippen LogP) is 6.29. The molecule has 1 aliphatic heterocycles. The summed E-state index contributed by atoms with van der Waals surface area (Å²) in [5, 5.41) is 9.09. The van der Waals surface area contributed by atoms with Crippen LogP contribution in [0, 0.1) is 17.5 Å². The van der Waals surface area contributed by atoms with Crippen LogP contribution in [-0.4, -0.2) is 46.9 Å². The summed E-state index contributed by atoms with van der Waals surface area (Å²) in [5.74, 6) is -4.58. The molecule has 45 heavy (non-hydrogen) atoms. The van der Waals surface area contributed by atoms with Gasteiger partial charge in [0.05, 0.1) is 23.4 Å². The first-order valence-corrected chi connectivity index (χ1v) is 15.9. The number of imidazole rings is 1. The summed E-state index contributed by atoms with van der Waals surface area (Å²) in [6, 6.07) is 10.4. The number of para-hydroxylation sites is 1. The molecule has 1 atom stereocenters. The van der Waals surface area contributed by atoms with Crippen molar-refractivity contribution in [3.63, 3.8) is 0 Å². The fraction of sp³-hybridized carbons (Fsp3) is 0.250. The number of aromatic nitrogens is 3. The molecule has 0 saturated carbocycles. The number of nitrogens with one attached hydrogen (secondary N) is 1. The van der Waals surface area contributed by atoms with E-state index in [1.807, 2.05) is 25.1 Å². The van der Waals surface area contributed by atoms with E-state index < -0.39 is 49.3 Å². The number of nitrogens with zero attached hydrogens (tertiary/aromatic N) is 2. The van der Waals surface area contributed by atoms with Crippen molar-refractivity contribution in [2.75, 3.05) is 12.9 Å². The number of H-pyrrole nitrogens is 1. The number of hydrogen-bond acceptors (Lipinski definition) is 6. The van der Waals surface area contributed by atoms with Crippen molar-refractivity contribution in [1.29, 1.82) is 0 Å². The van der Waals surface area contributed by atoms with Crippen LogP contribution < -0.4 is 9.47 Å². The van der Waals surface area contributed by atoms with Crippen LogP contribution in [0.15, 0.2) is 59.8 Å². The quantitative estimate of drug-likeness (QED) is 0.191. The summed E-state index contributed by atoms with van der Waals surface area (Å²) in [7, 11) is -2.42. The minimum Gasteiger partial charge on any atom is -0.493 e. The summed E-state index contributed by atoms with van der Waals surface area (Å²) in [5.41, 5.74) is 1.20. The van der Waals surface area contributed by atoms with Crippen LogP contribution in [0.25, 0.3) is 22.3 Å². The molecule has 0 spiro atoms. The molecule has 0 amide bonds. The molecule has 5 aromatic rings. The first-order valence-electron chi connectivity index (χ1n) is 14.0. The van der Waals surface area contributed by atoms with Crippen LogP contribution in [-0.2, 0) is 33.5 Å². The van der Waals surface area contributed by atoms with Crippen molar-refractivity contribution in [3.8, 4) is 28.6 Å². The Morgan fingerprint density at radius 2 is 1.96 bits per heavy atom. The zero-order chi connectivity index (χ0) is 32.3. The zero-order valence-electron chi connectivity index (χ0n) is 24.4. The monoisotopic (exact) mass is 639 g/mol. The van der Waals surface area contributed by atoms with Gasteiger partial charge in [0.15, 0.2) is 21.4 Å². The van der Waals surface area contributed by atoms with Gasteiger partial charge in [-0.15, -0.1) is 0 Å². The Balaban J connectivity index is 1.41. The minimum absolute atomic E-state index is 0.0168. The Morgan fingerprint density at radius 1 is 1.18 bits per heavy atom. The van der Waals surface area contributed by atoms with Gasteiger partial charge in [0, 0.05) is 48.5 Å². The van der Waals surface area contributed by atoms with Gasteiger partial charge in [-0.3, -0.25) is 4.79 Å². The summed E-state index contributed by atoms with van der Waals surface area (Å²) < 4.78 is 84.0. The molecule has 0 saturated heterocycles. The zero-order valence-corrected chi connectivity index (χ0v) is 25.3. The molecule has 13 heteroatoms. The molecule has 9 nitrogen and oxygen atoms in total. The second-order valence-corrected chi connectivity index (χ2v) is 13.2. The van der Waals surface area contributed by atoms with Gasteiger partial charge in [-0.1, -0.05) is 18.2 Å². The molecule has 3 heterocycles. The van der Waals surface area contributed by atoms with Gasteiger partial charge in [0.1, 0.15) is 28.0 Å². The molecule has 0 aliphatic carbocycles. The molecule has 2 N–H and O–H groups in total. The molecule has 0 radical (unpaired) electrons. The molecule has 1 aliphatic rings. The van der Waals surface area contributed by atoms with E-state index in [2.05, 4.69) is 4.98 Å². The lowest BCUT2D eigenvalue weighted by Crippen LogP contribution is -2.32. The number of ether oxygens (including phenoxy) is 2. The molecular weight excluding hydrogens is 611 g/mol. The fourth-order valence-electron chi connectivity index (χ4n) is 5.86. The van der Waals surface area contributed by atoms with Crippen molar-refractivity contribution in [2.45, 2.75) is 36.5 Å². The lowest BCUT2D eigenvalue weighted by Gasteiger charge is -2.35. The van der Waals surface area contributed by atoms with Gasteiger partial charge < -0.3 is 24.1 Å². The lowest BCUT2D eigenvalue weighted by molar-refractivity contribution is -0.136. The van der Waals surface area contributed by atoms with E-state index in [1.165, 1.54) is 24.4 Å². The highest BCUT2D eigenvalue weighted by Gasteiger charge is 2.39. The third-order valence-corrected chi connectivity index (χ3v) is 9.32. The van der Waals surface area contributed by atoms with Crippen LogP contribution in [0.2, 0.25) is 0 Å². The molecule has 3 aromatic carbocycles. The highest BCUT2D eigenvalue weighted by molar-refractivity contribution is 7.91. The summed E-state index contributed by atoms with van der Waals surface area (Å²) in [6.45, 7) is 2.34. The number of fused-ring (bicyclic) bond motifs is 2. The van der Waals surface area contributed by atoms with Crippen LogP contribution in [0.4, 0.5) is 13.2 Å². The van der Waals surface area contributed by atoms with Crippen LogP contribution >= 0.6 is 0 Å². The van der Waals surface area contributed by atoms with Crippen LogP contribution in [0.3, 0.4) is 0 Å². The summed E-state index contributed by atoms with van der Waals surface area (Å²) in [6.07, 6.45) is 4.69. The number of halogens is 3. The van der Waals surface area contributed by atoms with Crippen molar-refractivity contribution >= 4 is 26.7 Å². The number of hydrogen-bond donors (Lipinski definition) is 2. The Kier molecular flexibility index (Phi) is 7.39. The standard InChI is InChI=1S/C32H28F3N3O6S/c1-32(12-14-43-28-17(7-10-24(39)40)5-4-6-21(28)32)23-16-38(2)31(37-23)20-15-18(8-9-22(20)33)44-29-26(35)25(34)27-19(11-13-36-27)30(29)45(3,41)42/h4-6,8-9,11,13,15-16,36H,7,10,12,14H2,1-3H3,(H,39,40)/t32-/m0/s1. The maximum absolute atomic E-state index is 15.3. The normalized spacial score (nSPS) is 16.4. The summed E-state index contributed by atoms with van der Waals surface area (Å²) >= 11 is 0. The summed E-state index contributed by atoms with van der Waals surface area (Å²) in [4.78, 5) is 17.9. The third-order valence-electron chi connectivity index (χ3n) is 8.17. The third kappa shape index (κ3) is 5.20. The van der Waals surface area contributed by atoms with Crippen LogP contribution in [0.5, 0.6) is 17.2 Å². The predicted molar refractivity (Wildman–Crippen MR) is 159 cm³/mol. The molecule has 2 aromatic heterocycles. The second-order valence-electron chi connectivity index (χ2n) is 11.2. The number of rotatable bonds is 8. The highest BCUT2D eigenvalue weighted by atomic mass is 32.2. The number of sulfone groups is 1. The van der Waals surface area contributed by atoms with Gasteiger partial charge in [-0.25, -0.2) is 22.2 Å². The Morgan fingerprint density at radius 3 is 2.69 bits per heavy atom. The Bertz CT molecular complexity index is 2110. The minimum atomic E-state index is -4.10. The number of aryl methyl sites for hydroxylation is 2. The Labute approximate surface area is 256 Å². The van der Waals surface area contributed by atoms with E-state index in [-0.39, 0.29) is 34.5 Å². The number of carboxylic acid groups (broad SMARTS) is 1. The van der Waals surface area contributed by atoms with Gasteiger partial charge in [0.25, 0.3) is 0 Å². The van der Waals surface area contributed by atoms with Crippen molar-refractivity contribution in [1.82, 2.24) is 14.5 Å². The molecule has 0 bridgehead atoms. The average Bonchev–Trinajstić information content (AvgIpc) is 3.62.